The molecule has 0 aromatic heterocycles. The van der Waals surface area contributed by atoms with E-state index in [4.69, 9.17) is 9.84 Å². The molecule has 56 valence electrons. The second-order valence-corrected chi connectivity index (χ2v) is 2.12. The molecule has 0 spiro atoms. The Morgan fingerprint density at radius 2 is 2.11 bits per heavy atom. The first-order valence-electron chi connectivity index (χ1n) is 3.53. The van der Waals surface area contributed by atoms with Crippen LogP contribution in [0.3, 0.4) is 0 Å². The Hall–Kier alpha value is -0.0800. The van der Waals surface area contributed by atoms with Crippen LogP contribution in [0.25, 0.3) is 0 Å². The highest BCUT2D eigenvalue weighted by Gasteiger charge is 2.02. The quantitative estimate of drug-likeness (QED) is 0.605. The van der Waals surface area contributed by atoms with Gasteiger partial charge in [0.15, 0.2) is 0 Å². The second kappa shape index (κ2) is 6.05. The van der Waals surface area contributed by atoms with Crippen LogP contribution in [-0.4, -0.2) is 24.9 Å². The summed E-state index contributed by atoms with van der Waals surface area (Å²) in [4.78, 5) is 0. The number of aliphatic hydroxyl groups is 1. The van der Waals surface area contributed by atoms with Gasteiger partial charge in [0.05, 0.1) is 6.61 Å². The van der Waals surface area contributed by atoms with Crippen molar-refractivity contribution < 1.29 is 9.84 Å². The molecule has 0 radical (unpaired) electrons. The molecule has 0 aliphatic rings. The Labute approximate surface area is 56.8 Å². The zero-order chi connectivity index (χ0) is 7.11. The summed E-state index contributed by atoms with van der Waals surface area (Å²) in [6, 6.07) is 0. The van der Waals surface area contributed by atoms with Gasteiger partial charge < -0.3 is 9.84 Å². The Morgan fingerprint density at radius 1 is 1.44 bits per heavy atom. The van der Waals surface area contributed by atoms with Gasteiger partial charge in [-0.15, -0.1) is 0 Å². The van der Waals surface area contributed by atoms with Crippen molar-refractivity contribution in [3.8, 4) is 0 Å². The van der Waals surface area contributed by atoms with Crippen LogP contribution in [0.4, 0.5) is 0 Å². The molecule has 0 amide bonds. The zero-order valence-corrected chi connectivity index (χ0v) is 6.26. The van der Waals surface area contributed by atoms with Gasteiger partial charge in [0.25, 0.3) is 0 Å². The van der Waals surface area contributed by atoms with E-state index in [0.717, 1.165) is 13.0 Å². The predicted octanol–water partition coefficient (Wildman–Crippen LogP) is 1.04. The Balaban J connectivity index is 3.09. The summed E-state index contributed by atoms with van der Waals surface area (Å²) >= 11 is 0. The highest BCUT2D eigenvalue weighted by molar-refractivity contribution is 4.51. The lowest BCUT2D eigenvalue weighted by molar-refractivity contribution is 0.0793. The molecular formula is C7H16O2. The Kier molecular flexibility index (Phi) is 5.99. The third kappa shape index (κ3) is 4.43. The van der Waals surface area contributed by atoms with E-state index in [1.54, 1.807) is 0 Å². The first-order valence-corrected chi connectivity index (χ1v) is 3.53. The molecule has 0 rings (SSSR count). The summed E-state index contributed by atoms with van der Waals surface area (Å²) in [5.74, 6) is 0.338. The molecule has 0 saturated heterocycles. The molecule has 0 aliphatic heterocycles. The predicted molar refractivity (Wildman–Crippen MR) is 37.4 cm³/mol. The average Bonchev–Trinajstić information content (AvgIpc) is 1.91. The van der Waals surface area contributed by atoms with Crippen LogP contribution in [-0.2, 0) is 4.74 Å². The normalized spacial score (nSPS) is 13.7. The lowest BCUT2D eigenvalue weighted by atomic mass is 10.1. The Bertz CT molecular complexity index is 50.9. The summed E-state index contributed by atoms with van der Waals surface area (Å²) in [6.45, 7) is 5.71. The minimum Gasteiger partial charge on any atom is -0.396 e. The van der Waals surface area contributed by atoms with E-state index in [2.05, 4.69) is 6.92 Å². The molecule has 9 heavy (non-hydrogen) atoms. The maximum Gasteiger partial charge on any atom is 0.0515 e. The molecule has 0 aromatic rings. The molecule has 0 aliphatic carbocycles. The van der Waals surface area contributed by atoms with E-state index in [9.17, 15) is 0 Å². The topological polar surface area (TPSA) is 29.5 Å². The van der Waals surface area contributed by atoms with E-state index in [1.807, 2.05) is 6.92 Å². The fourth-order valence-electron chi connectivity index (χ4n) is 0.584. The monoisotopic (exact) mass is 132 g/mol. The van der Waals surface area contributed by atoms with Crippen LogP contribution in [0.5, 0.6) is 0 Å². The number of hydrogen-bond donors (Lipinski definition) is 1. The van der Waals surface area contributed by atoms with Crippen LogP contribution in [0.15, 0.2) is 0 Å². The van der Waals surface area contributed by atoms with E-state index in [-0.39, 0.29) is 6.61 Å². The minimum atomic E-state index is 0.247. The van der Waals surface area contributed by atoms with Gasteiger partial charge >= 0.3 is 0 Å². The van der Waals surface area contributed by atoms with Crippen molar-refractivity contribution in [1.82, 2.24) is 0 Å². The number of hydrogen-bond acceptors (Lipinski definition) is 2. The van der Waals surface area contributed by atoms with E-state index >= 15 is 0 Å². The van der Waals surface area contributed by atoms with Gasteiger partial charge in [-0.3, -0.25) is 0 Å². The zero-order valence-electron chi connectivity index (χ0n) is 6.26. The summed E-state index contributed by atoms with van der Waals surface area (Å²) in [5.41, 5.74) is 0. The van der Waals surface area contributed by atoms with Gasteiger partial charge in [-0.2, -0.15) is 0 Å². The van der Waals surface area contributed by atoms with Crippen molar-refractivity contribution >= 4 is 0 Å². The Morgan fingerprint density at radius 3 is 2.44 bits per heavy atom. The van der Waals surface area contributed by atoms with Crippen LogP contribution in [0.2, 0.25) is 0 Å². The smallest absolute Gasteiger partial charge is 0.0515 e. The fraction of sp³-hybridized carbons (Fsp3) is 1.00. The number of aliphatic hydroxyl groups excluding tert-OH is 1. The second-order valence-electron chi connectivity index (χ2n) is 2.12. The maximum absolute atomic E-state index is 8.67. The van der Waals surface area contributed by atoms with Gasteiger partial charge in [0, 0.05) is 19.1 Å². The van der Waals surface area contributed by atoms with Gasteiger partial charge in [-0.1, -0.05) is 6.92 Å². The molecule has 0 saturated carbocycles. The minimum absolute atomic E-state index is 0.247. The van der Waals surface area contributed by atoms with E-state index < -0.39 is 0 Å². The average molecular weight is 132 g/mol. The molecule has 1 atom stereocenters. The van der Waals surface area contributed by atoms with E-state index in [0.29, 0.717) is 12.5 Å². The largest absolute Gasteiger partial charge is 0.396 e. The van der Waals surface area contributed by atoms with Crippen molar-refractivity contribution in [2.45, 2.75) is 20.3 Å². The van der Waals surface area contributed by atoms with Gasteiger partial charge in [-0.05, 0) is 13.3 Å². The third-order valence-corrected chi connectivity index (χ3v) is 1.39. The standard InChI is InChI=1S/C7H16O2/c1-3-7(5-8)6-9-4-2/h7-8H,3-6H2,1-2H3. The molecule has 0 bridgehead atoms. The molecule has 1 unspecified atom stereocenters. The fourth-order valence-corrected chi connectivity index (χ4v) is 0.584. The summed E-state index contributed by atoms with van der Waals surface area (Å²) in [5, 5.41) is 8.67. The molecular weight excluding hydrogens is 116 g/mol. The first-order chi connectivity index (χ1) is 4.35. The van der Waals surface area contributed by atoms with Crippen molar-refractivity contribution in [3.63, 3.8) is 0 Å². The van der Waals surface area contributed by atoms with Crippen LogP contribution in [0.1, 0.15) is 20.3 Å². The van der Waals surface area contributed by atoms with Crippen LogP contribution in [0, 0.1) is 5.92 Å². The van der Waals surface area contributed by atoms with Crippen molar-refractivity contribution in [2.75, 3.05) is 19.8 Å². The van der Waals surface area contributed by atoms with Crippen molar-refractivity contribution in [2.24, 2.45) is 5.92 Å². The molecule has 0 fully saturated rings. The highest BCUT2D eigenvalue weighted by atomic mass is 16.5. The van der Waals surface area contributed by atoms with Gasteiger partial charge in [0.2, 0.25) is 0 Å². The molecule has 2 heteroatoms. The maximum atomic E-state index is 8.67. The van der Waals surface area contributed by atoms with Crippen molar-refractivity contribution in [1.29, 1.82) is 0 Å². The van der Waals surface area contributed by atoms with Crippen LogP contribution < -0.4 is 0 Å². The molecule has 2 nitrogen and oxygen atoms in total. The summed E-state index contributed by atoms with van der Waals surface area (Å²) in [7, 11) is 0. The number of rotatable bonds is 5. The van der Waals surface area contributed by atoms with Gasteiger partial charge in [0.1, 0.15) is 0 Å². The SMILES string of the molecule is CCOCC(CC)CO. The molecule has 0 aromatic carbocycles. The number of ether oxygens (including phenoxy) is 1. The van der Waals surface area contributed by atoms with Crippen LogP contribution >= 0.6 is 0 Å². The lowest BCUT2D eigenvalue weighted by Gasteiger charge is -2.09. The lowest BCUT2D eigenvalue weighted by Crippen LogP contribution is -2.12. The first kappa shape index (κ1) is 8.92. The third-order valence-electron chi connectivity index (χ3n) is 1.39. The highest BCUT2D eigenvalue weighted by Crippen LogP contribution is 2.00. The summed E-state index contributed by atoms with van der Waals surface area (Å²) in [6.07, 6.45) is 0.997. The van der Waals surface area contributed by atoms with Crippen molar-refractivity contribution in [3.05, 3.63) is 0 Å². The summed E-state index contributed by atoms with van der Waals surface area (Å²) < 4.78 is 5.12. The van der Waals surface area contributed by atoms with Gasteiger partial charge in [-0.25, -0.2) is 0 Å². The van der Waals surface area contributed by atoms with E-state index in [1.165, 1.54) is 0 Å². The molecule has 0 heterocycles. The molecule has 1 N–H and O–H groups in total.